The number of fused-ring (bicyclic) bond motifs is 1. The lowest BCUT2D eigenvalue weighted by Crippen LogP contribution is -2.28. The first-order valence-corrected chi connectivity index (χ1v) is 7.46. The molecule has 0 spiro atoms. The van der Waals surface area contributed by atoms with E-state index in [1.54, 1.807) is 18.3 Å². The van der Waals surface area contributed by atoms with Gasteiger partial charge in [-0.25, -0.2) is 14.8 Å². The Kier molecular flexibility index (Phi) is 4.33. The Labute approximate surface area is 140 Å². The number of aromatic nitrogens is 5. The molecule has 0 aliphatic rings. The molecule has 0 saturated carbocycles. The van der Waals surface area contributed by atoms with Crippen LogP contribution in [0.15, 0.2) is 27.9 Å². The zero-order valence-electron chi connectivity index (χ0n) is 13.6. The van der Waals surface area contributed by atoms with Gasteiger partial charge in [-0.15, -0.1) is 0 Å². The molecule has 0 fully saturated rings. The van der Waals surface area contributed by atoms with E-state index in [-0.39, 0.29) is 29.9 Å². The lowest BCUT2D eigenvalue weighted by atomic mass is 10.2. The number of aromatic amines is 2. The van der Waals surface area contributed by atoms with Crippen LogP contribution in [0.4, 0.5) is 5.69 Å². The molecule has 0 atom stereocenters. The molecule has 10 heteroatoms. The van der Waals surface area contributed by atoms with Crippen LogP contribution < -0.4 is 21.3 Å². The zero-order valence-corrected chi connectivity index (χ0v) is 13.6. The molecular formula is C15H16N6O4. The topological polar surface area (TPSA) is 135 Å². The van der Waals surface area contributed by atoms with Crippen molar-refractivity contribution in [3.05, 3.63) is 45.0 Å². The molecule has 3 N–H and O–H groups in total. The highest BCUT2D eigenvalue weighted by Gasteiger charge is 2.13. The third kappa shape index (κ3) is 3.27. The summed E-state index contributed by atoms with van der Waals surface area (Å²) in [4.78, 5) is 48.7. The summed E-state index contributed by atoms with van der Waals surface area (Å²) in [6.45, 7) is 0. The number of amides is 1. The van der Waals surface area contributed by atoms with Crippen LogP contribution >= 0.6 is 0 Å². The second-order valence-electron chi connectivity index (χ2n) is 5.31. The Morgan fingerprint density at radius 2 is 2.16 bits per heavy atom. The van der Waals surface area contributed by atoms with Crippen molar-refractivity contribution < 1.29 is 9.53 Å². The van der Waals surface area contributed by atoms with Gasteiger partial charge in [-0.2, -0.15) is 0 Å². The molecule has 3 heterocycles. The minimum absolute atomic E-state index is 0.129. The average Bonchev–Trinajstić information content (AvgIpc) is 3.03. The van der Waals surface area contributed by atoms with E-state index in [0.29, 0.717) is 17.4 Å². The number of imidazole rings is 1. The number of hydrogen-bond donors (Lipinski definition) is 3. The number of pyridine rings is 1. The van der Waals surface area contributed by atoms with E-state index in [9.17, 15) is 14.4 Å². The van der Waals surface area contributed by atoms with Crippen LogP contribution in [0.25, 0.3) is 11.2 Å². The molecule has 0 bridgehead atoms. The van der Waals surface area contributed by atoms with Crippen molar-refractivity contribution in [2.24, 2.45) is 7.05 Å². The Morgan fingerprint density at radius 3 is 2.92 bits per heavy atom. The van der Waals surface area contributed by atoms with Crippen LogP contribution in [0.5, 0.6) is 5.88 Å². The number of ether oxygens (including phenoxy) is 1. The Hall–Kier alpha value is -3.43. The first-order valence-electron chi connectivity index (χ1n) is 7.46. The van der Waals surface area contributed by atoms with Crippen molar-refractivity contribution in [1.29, 1.82) is 0 Å². The molecule has 0 aliphatic heterocycles. The molecule has 1 amide bonds. The number of nitrogens with one attached hydrogen (secondary N) is 3. The maximum atomic E-state index is 12.1. The van der Waals surface area contributed by atoms with E-state index in [1.807, 2.05) is 0 Å². The molecule has 25 heavy (non-hydrogen) atoms. The third-order valence-corrected chi connectivity index (χ3v) is 3.63. The summed E-state index contributed by atoms with van der Waals surface area (Å²) in [5.74, 6) is 0.505. The number of methoxy groups -OCH3 is 1. The lowest BCUT2D eigenvalue weighted by molar-refractivity contribution is -0.116. The number of H-pyrrole nitrogens is 2. The number of nitrogens with zero attached hydrogens (tertiary/aromatic N) is 3. The quantitative estimate of drug-likeness (QED) is 0.593. The van der Waals surface area contributed by atoms with Gasteiger partial charge in [0.15, 0.2) is 5.65 Å². The van der Waals surface area contributed by atoms with Crippen LogP contribution in [-0.4, -0.2) is 37.5 Å². The first-order chi connectivity index (χ1) is 12.0. The van der Waals surface area contributed by atoms with Crippen LogP contribution in [0, 0.1) is 0 Å². The first kappa shape index (κ1) is 16.4. The Balaban J connectivity index is 1.73. The van der Waals surface area contributed by atoms with Gasteiger partial charge < -0.3 is 15.0 Å². The molecule has 0 unspecified atom stereocenters. The fourth-order valence-electron chi connectivity index (χ4n) is 2.36. The van der Waals surface area contributed by atoms with Crippen molar-refractivity contribution >= 4 is 22.8 Å². The van der Waals surface area contributed by atoms with Crippen molar-refractivity contribution in [2.45, 2.75) is 12.8 Å². The summed E-state index contributed by atoms with van der Waals surface area (Å²) in [5.41, 5.74) is -0.165. The van der Waals surface area contributed by atoms with Gasteiger partial charge in [0.2, 0.25) is 11.8 Å². The highest BCUT2D eigenvalue weighted by atomic mass is 16.5. The predicted octanol–water partition coefficient (Wildman–Crippen LogP) is -0.0752. The highest BCUT2D eigenvalue weighted by Crippen LogP contribution is 2.20. The number of carbonyl (C=O) groups excluding carboxylic acids is 1. The minimum atomic E-state index is -0.544. The largest absolute Gasteiger partial charge is 0.480 e. The molecule has 3 rings (SSSR count). The van der Waals surface area contributed by atoms with E-state index in [4.69, 9.17) is 4.74 Å². The second-order valence-corrected chi connectivity index (χ2v) is 5.31. The fourth-order valence-corrected chi connectivity index (χ4v) is 2.36. The molecule has 0 radical (unpaired) electrons. The maximum Gasteiger partial charge on any atom is 0.329 e. The molecule has 3 aromatic rings. The summed E-state index contributed by atoms with van der Waals surface area (Å²) >= 11 is 0. The maximum absolute atomic E-state index is 12.1. The molecule has 3 aromatic heterocycles. The van der Waals surface area contributed by atoms with Crippen molar-refractivity contribution in [2.75, 3.05) is 12.4 Å². The standard InChI is InChI=1S/C15H16N6O4/c1-21-12-11(13(23)20-15(21)24)18-9(19-12)5-6-10(22)17-8-4-3-7-16-14(8)25-2/h3-4,7H,5-6H2,1-2H3,(H,17,22)(H,18,19)(H,20,23,24). The highest BCUT2D eigenvalue weighted by molar-refractivity contribution is 5.92. The van der Waals surface area contributed by atoms with Gasteiger partial charge in [0.05, 0.1) is 7.11 Å². The Morgan fingerprint density at radius 1 is 1.36 bits per heavy atom. The molecule has 0 aliphatic carbocycles. The van der Waals surface area contributed by atoms with E-state index in [1.165, 1.54) is 18.7 Å². The van der Waals surface area contributed by atoms with Gasteiger partial charge >= 0.3 is 5.69 Å². The van der Waals surface area contributed by atoms with Gasteiger partial charge in [-0.3, -0.25) is 19.1 Å². The third-order valence-electron chi connectivity index (χ3n) is 3.63. The van der Waals surface area contributed by atoms with E-state index < -0.39 is 11.2 Å². The van der Waals surface area contributed by atoms with E-state index in [0.717, 1.165) is 0 Å². The smallest absolute Gasteiger partial charge is 0.329 e. The van der Waals surface area contributed by atoms with Gasteiger partial charge in [0.1, 0.15) is 17.0 Å². The van der Waals surface area contributed by atoms with Gasteiger partial charge in [0, 0.05) is 26.1 Å². The zero-order chi connectivity index (χ0) is 18.0. The molecule has 0 saturated heterocycles. The monoisotopic (exact) mass is 344 g/mol. The van der Waals surface area contributed by atoms with Crippen molar-refractivity contribution in [1.82, 2.24) is 24.5 Å². The summed E-state index contributed by atoms with van der Waals surface area (Å²) in [5, 5.41) is 2.71. The van der Waals surface area contributed by atoms with Gasteiger partial charge in [-0.1, -0.05) is 0 Å². The number of aryl methyl sites for hydroxylation is 2. The van der Waals surface area contributed by atoms with Gasteiger partial charge in [-0.05, 0) is 12.1 Å². The normalized spacial score (nSPS) is 10.8. The van der Waals surface area contributed by atoms with Crippen molar-refractivity contribution in [3.8, 4) is 5.88 Å². The van der Waals surface area contributed by atoms with E-state index in [2.05, 4.69) is 25.3 Å². The molecule has 0 aromatic carbocycles. The minimum Gasteiger partial charge on any atom is -0.480 e. The summed E-state index contributed by atoms with van der Waals surface area (Å²) in [7, 11) is 2.97. The average molecular weight is 344 g/mol. The summed E-state index contributed by atoms with van der Waals surface area (Å²) in [6, 6.07) is 3.37. The molecule has 10 nitrogen and oxygen atoms in total. The molecule has 130 valence electrons. The number of rotatable bonds is 5. The fraction of sp³-hybridized carbons (Fsp3) is 0.267. The number of hydrogen-bond acceptors (Lipinski definition) is 6. The predicted molar refractivity (Wildman–Crippen MR) is 89.7 cm³/mol. The summed E-state index contributed by atoms with van der Waals surface area (Å²) < 4.78 is 6.30. The number of anilines is 1. The van der Waals surface area contributed by atoms with Crippen LogP contribution in [0.3, 0.4) is 0 Å². The summed E-state index contributed by atoms with van der Waals surface area (Å²) in [6.07, 6.45) is 1.96. The lowest BCUT2D eigenvalue weighted by Gasteiger charge is -2.08. The van der Waals surface area contributed by atoms with Crippen LogP contribution in [0.1, 0.15) is 12.2 Å². The van der Waals surface area contributed by atoms with Crippen molar-refractivity contribution in [3.63, 3.8) is 0 Å². The Bertz CT molecular complexity index is 1050. The SMILES string of the molecule is COc1ncccc1NC(=O)CCc1nc2c([nH]1)c(=O)[nH]c(=O)n2C. The second kappa shape index (κ2) is 6.59. The molecular weight excluding hydrogens is 328 g/mol. The van der Waals surface area contributed by atoms with Crippen LogP contribution in [0.2, 0.25) is 0 Å². The number of carbonyl (C=O) groups is 1. The van der Waals surface area contributed by atoms with Gasteiger partial charge in [0.25, 0.3) is 5.56 Å². The van der Waals surface area contributed by atoms with Crippen LogP contribution in [-0.2, 0) is 18.3 Å². The van der Waals surface area contributed by atoms with E-state index >= 15 is 0 Å².